The van der Waals surface area contributed by atoms with Crippen LogP contribution >= 0.6 is 11.3 Å². The number of fused-ring (bicyclic) bond motifs is 4. The van der Waals surface area contributed by atoms with Gasteiger partial charge in [0.15, 0.2) is 11.8 Å². The molecular weight excluding hydrogens is 783 g/mol. The minimum atomic E-state index is -3.94. The molecule has 3 fully saturated rings. The van der Waals surface area contributed by atoms with Gasteiger partial charge in [-0.15, -0.1) is 11.3 Å². The molecular formula is C41H47N7O8S2. The van der Waals surface area contributed by atoms with Crippen LogP contribution in [0.5, 0.6) is 5.88 Å². The first-order chi connectivity index (χ1) is 27.6. The topological polar surface area (TPSA) is 213 Å². The highest BCUT2D eigenvalue weighted by atomic mass is 32.2. The van der Waals surface area contributed by atoms with E-state index in [1.165, 1.54) is 16.2 Å². The molecule has 15 nitrogen and oxygen atoms in total. The van der Waals surface area contributed by atoms with Crippen LogP contribution in [0.1, 0.15) is 72.1 Å². The molecule has 2 aromatic carbocycles. The number of benzene rings is 2. The molecule has 0 bridgehead atoms. The summed E-state index contributed by atoms with van der Waals surface area (Å²) in [4.78, 5) is 72.0. The number of ether oxygens (including phenoxy) is 2. The number of sulfonamides is 1. The van der Waals surface area contributed by atoms with Gasteiger partial charge in [0.1, 0.15) is 22.7 Å². The van der Waals surface area contributed by atoms with Gasteiger partial charge in [0.05, 0.1) is 33.0 Å². The van der Waals surface area contributed by atoms with Gasteiger partial charge in [0.2, 0.25) is 21.8 Å². The van der Waals surface area contributed by atoms with E-state index in [1.54, 1.807) is 0 Å². The first-order valence-electron chi connectivity index (χ1n) is 19.8. The number of amides is 4. The van der Waals surface area contributed by atoms with Crippen molar-refractivity contribution >= 4 is 66.4 Å². The highest BCUT2D eigenvalue weighted by Crippen LogP contribution is 2.48. The SMILES string of the molecule is CC(C)(C)C1[C@@H](Oc2nc3ccccc3nc2-c2nc3ccccc3s2)CN2C(=O)[C@@H](OC(N)=O)CCCCCC=C[C@@H]3C[C@@]3(C(=O)NS(=O)(=O)C3CC3)NC(=O)[C@H]12. The Morgan fingerprint density at radius 1 is 0.966 bits per heavy atom. The average molecular weight is 830 g/mol. The van der Waals surface area contributed by atoms with Crippen LogP contribution < -0.4 is 20.5 Å². The Labute approximate surface area is 340 Å². The van der Waals surface area contributed by atoms with Gasteiger partial charge in [0, 0.05) is 11.8 Å². The fourth-order valence-corrected chi connectivity index (χ4v) is 10.7. The van der Waals surface area contributed by atoms with Gasteiger partial charge in [-0.25, -0.2) is 28.2 Å². The number of primary amides is 1. The standard InChI is InChI=1S/C41H47N7O8S2/c1-40(2,3)31-29(55-35-32(43-25-14-9-10-15-26(25)44-35)36-45-27-16-11-12-18-30(27)57-36)22-48-33(31)34(49)46-41(38(51)47-58(53,54)24-19-20-24)21-23(41)13-7-5-4-6-8-17-28(37(48)50)56-39(42)52/h7,9-16,18,23-24,28-29,31,33H,4-6,8,17,19-22H2,1-3H3,(H2,42,52)(H,46,49)(H,47,51)/t23-,28+,29+,31?,33+,41-/m1/s1. The maximum Gasteiger partial charge on any atom is 0.405 e. The zero-order valence-corrected chi connectivity index (χ0v) is 34.2. The van der Waals surface area contributed by atoms with Gasteiger partial charge in [-0.2, -0.15) is 0 Å². The van der Waals surface area contributed by atoms with Crippen LogP contribution in [0.4, 0.5) is 4.79 Å². The maximum atomic E-state index is 15.0. The fraction of sp³-hybridized carbons (Fsp3) is 0.488. The molecule has 4 heterocycles. The molecule has 1 saturated heterocycles. The van der Waals surface area contributed by atoms with E-state index in [2.05, 4.69) is 10.0 Å². The molecule has 0 radical (unpaired) electrons. The fourth-order valence-electron chi connectivity index (χ4n) is 8.36. The second kappa shape index (κ2) is 15.2. The summed E-state index contributed by atoms with van der Waals surface area (Å²) in [5, 5.41) is 2.86. The van der Waals surface area contributed by atoms with Gasteiger partial charge in [-0.05, 0) is 74.6 Å². The summed E-state index contributed by atoms with van der Waals surface area (Å²) in [6.07, 6.45) is 4.42. The number of rotatable bonds is 7. The number of carbonyl (C=O) groups is 4. The van der Waals surface area contributed by atoms with E-state index in [9.17, 15) is 22.8 Å². The van der Waals surface area contributed by atoms with E-state index in [1.807, 2.05) is 81.5 Å². The van der Waals surface area contributed by atoms with Gasteiger partial charge in [-0.1, -0.05) is 63.6 Å². The van der Waals surface area contributed by atoms with E-state index in [0.29, 0.717) is 53.8 Å². The van der Waals surface area contributed by atoms with Crippen LogP contribution in [-0.2, 0) is 29.1 Å². The summed E-state index contributed by atoms with van der Waals surface area (Å²) >= 11 is 1.43. The number of nitrogens with zero attached hydrogens (tertiary/aromatic N) is 4. The molecule has 2 aromatic heterocycles. The zero-order valence-electron chi connectivity index (χ0n) is 32.6. The normalized spacial score (nSPS) is 26.9. The average Bonchev–Trinajstić information content (AvgIpc) is 4.06. The minimum Gasteiger partial charge on any atom is -0.470 e. The van der Waals surface area contributed by atoms with E-state index in [4.69, 9.17) is 30.2 Å². The molecule has 2 aliphatic carbocycles. The van der Waals surface area contributed by atoms with E-state index in [0.717, 1.165) is 16.6 Å². The molecule has 4 N–H and O–H groups in total. The molecule has 6 atom stereocenters. The Morgan fingerprint density at radius 3 is 2.36 bits per heavy atom. The van der Waals surface area contributed by atoms with Crippen molar-refractivity contribution < 1.29 is 37.1 Å². The summed E-state index contributed by atoms with van der Waals surface area (Å²) in [5.41, 5.74) is 5.56. The van der Waals surface area contributed by atoms with Crippen LogP contribution in [0.2, 0.25) is 0 Å². The summed E-state index contributed by atoms with van der Waals surface area (Å²) in [6.45, 7) is 5.66. The van der Waals surface area contributed by atoms with Crippen LogP contribution in [0.3, 0.4) is 0 Å². The number of para-hydroxylation sites is 3. The maximum absolute atomic E-state index is 15.0. The lowest BCUT2D eigenvalue weighted by Gasteiger charge is -2.37. The Kier molecular flexibility index (Phi) is 10.4. The van der Waals surface area contributed by atoms with Crippen molar-refractivity contribution in [1.82, 2.24) is 29.9 Å². The number of hydrogen-bond acceptors (Lipinski definition) is 12. The molecule has 1 unspecified atom stereocenters. The molecule has 2 saturated carbocycles. The van der Waals surface area contributed by atoms with Crippen molar-refractivity contribution in [2.45, 2.75) is 101 Å². The van der Waals surface area contributed by atoms with Crippen molar-refractivity contribution in [3.8, 4) is 16.6 Å². The minimum absolute atomic E-state index is 0.121. The van der Waals surface area contributed by atoms with Crippen molar-refractivity contribution in [1.29, 1.82) is 0 Å². The predicted molar refractivity (Wildman–Crippen MR) is 217 cm³/mol. The molecule has 17 heteroatoms. The second-order valence-corrected chi connectivity index (χ2v) is 19.8. The van der Waals surface area contributed by atoms with Gasteiger partial charge >= 0.3 is 6.09 Å². The molecule has 4 aliphatic rings. The Morgan fingerprint density at radius 2 is 1.67 bits per heavy atom. The number of hydrogen-bond donors (Lipinski definition) is 3. The molecule has 4 aromatic rings. The molecule has 0 spiro atoms. The molecule has 58 heavy (non-hydrogen) atoms. The number of aromatic nitrogens is 3. The van der Waals surface area contributed by atoms with E-state index >= 15 is 4.79 Å². The Balaban J connectivity index is 1.21. The highest BCUT2D eigenvalue weighted by molar-refractivity contribution is 7.91. The lowest BCUT2D eigenvalue weighted by molar-refractivity contribution is -0.147. The Hall–Kier alpha value is -5.16. The predicted octanol–water partition coefficient (Wildman–Crippen LogP) is 4.99. The number of thiazole rings is 1. The smallest absolute Gasteiger partial charge is 0.405 e. The summed E-state index contributed by atoms with van der Waals surface area (Å²) in [6, 6.07) is 13.8. The van der Waals surface area contributed by atoms with Gasteiger partial charge in [0.25, 0.3) is 11.8 Å². The third-order valence-corrected chi connectivity index (χ3v) is 14.4. The lowest BCUT2D eigenvalue weighted by atomic mass is 9.74. The monoisotopic (exact) mass is 829 g/mol. The number of nitrogens with one attached hydrogen (secondary N) is 2. The lowest BCUT2D eigenvalue weighted by Crippen LogP contribution is -2.59. The van der Waals surface area contributed by atoms with Crippen molar-refractivity contribution in [3.63, 3.8) is 0 Å². The van der Waals surface area contributed by atoms with Crippen LogP contribution in [0.25, 0.3) is 32.0 Å². The van der Waals surface area contributed by atoms with Crippen LogP contribution in [0.15, 0.2) is 60.7 Å². The third kappa shape index (κ3) is 7.85. The van der Waals surface area contributed by atoms with Crippen molar-refractivity contribution in [2.24, 2.45) is 23.0 Å². The molecule has 8 rings (SSSR count). The van der Waals surface area contributed by atoms with Gasteiger partial charge in [-0.3, -0.25) is 19.1 Å². The van der Waals surface area contributed by atoms with E-state index in [-0.39, 0.29) is 25.3 Å². The van der Waals surface area contributed by atoms with Crippen molar-refractivity contribution in [2.75, 3.05) is 6.54 Å². The Bertz CT molecular complexity index is 2390. The molecule has 4 amide bonds. The summed E-state index contributed by atoms with van der Waals surface area (Å²) in [7, 11) is -3.94. The molecule has 2 aliphatic heterocycles. The highest BCUT2D eigenvalue weighted by Gasteiger charge is 2.63. The third-order valence-electron chi connectivity index (χ3n) is 11.5. The number of nitrogens with two attached hydrogens (primary N) is 1. The largest absolute Gasteiger partial charge is 0.470 e. The van der Waals surface area contributed by atoms with Gasteiger partial charge < -0.3 is 25.4 Å². The molecule has 306 valence electrons. The number of allylic oxidation sites excluding steroid dienone is 1. The van der Waals surface area contributed by atoms with E-state index < -0.39 is 80.1 Å². The summed E-state index contributed by atoms with van der Waals surface area (Å²) in [5.74, 6) is -3.17. The first kappa shape index (κ1) is 39.7. The number of carbonyl (C=O) groups excluding carboxylic acids is 4. The first-order valence-corrected chi connectivity index (χ1v) is 22.1. The van der Waals surface area contributed by atoms with Crippen LogP contribution in [0, 0.1) is 17.3 Å². The zero-order chi connectivity index (χ0) is 41.0. The quantitative estimate of drug-likeness (QED) is 0.211. The van der Waals surface area contributed by atoms with Crippen molar-refractivity contribution in [3.05, 3.63) is 60.7 Å². The van der Waals surface area contributed by atoms with Crippen LogP contribution in [-0.4, -0.2) is 87.7 Å². The summed E-state index contributed by atoms with van der Waals surface area (Å²) < 4.78 is 41.5. The second-order valence-electron chi connectivity index (χ2n) is 16.8.